The first-order chi connectivity index (χ1) is 9.77. The number of aromatic nitrogens is 2. The number of nitrogens with zero attached hydrogens (tertiary/aromatic N) is 2. The summed E-state index contributed by atoms with van der Waals surface area (Å²) >= 11 is 0. The molecule has 2 unspecified atom stereocenters. The minimum Gasteiger partial charge on any atom is -0.330 e. The van der Waals surface area contributed by atoms with Crippen molar-refractivity contribution in [2.75, 3.05) is 6.54 Å². The first-order valence-corrected chi connectivity index (χ1v) is 8.25. The summed E-state index contributed by atoms with van der Waals surface area (Å²) in [5, 5.41) is 0. The Kier molecular flexibility index (Phi) is 5.96. The van der Waals surface area contributed by atoms with Crippen LogP contribution in [0.5, 0.6) is 0 Å². The molecule has 0 aromatic carbocycles. The fourth-order valence-corrected chi connectivity index (χ4v) is 4.20. The molecule has 22 heavy (non-hydrogen) atoms. The van der Waals surface area contributed by atoms with Crippen molar-refractivity contribution < 1.29 is 8.42 Å². The van der Waals surface area contributed by atoms with Crippen molar-refractivity contribution in [1.29, 1.82) is 0 Å². The van der Waals surface area contributed by atoms with Crippen LogP contribution < -0.4 is 21.7 Å². The van der Waals surface area contributed by atoms with Crippen molar-refractivity contribution in [2.24, 2.45) is 25.7 Å². The summed E-state index contributed by atoms with van der Waals surface area (Å²) in [6.45, 7) is 0.401. The summed E-state index contributed by atoms with van der Waals surface area (Å²) in [7, 11) is -1.32. The van der Waals surface area contributed by atoms with Gasteiger partial charge in [0.15, 0.2) is 4.90 Å². The molecular weight excluding hydrogens is 332 g/mol. The highest BCUT2D eigenvalue weighted by Crippen LogP contribution is 2.25. The molecule has 2 atom stereocenters. The maximum Gasteiger partial charge on any atom is 0.330 e. The van der Waals surface area contributed by atoms with Crippen molar-refractivity contribution in [2.45, 2.75) is 30.2 Å². The molecule has 126 valence electrons. The summed E-state index contributed by atoms with van der Waals surface area (Å²) in [5.41, 5.74) is 4.24. The van der Waals surface area contributed by atoms with Crippen LogP contribution in [-0.2, 0) is 24.1 Å². The Morgan fingerprint density at radius 3 is 2.55 bits per heavy atom. The molecule has 0 radical (unpaired) electrons. The lowest BCUT2D eigenvalue weighted by molar-refractivity contribution is 0.451. The van der Waals surface area contributed by atoms with Crippen molar-refractivity contribution >= 4 is 22.4 Å². The molecule has 1 aromatic heterocycles. The van der Waals surface area contributed by atoms with Gasteiger partial charge in [-0.25, -0.2) is 17.9 Å². The van der Waals surface area contributed by atoms with Gasteiger partial charge in [0.25, 0.3) is 5.56 Å². The van der Waals surface area contributed by atoms with E-state index in [1.54, 1.807) is 0 Å². The van der Waals surface area contributed by atoms with Crippen molar-refractivity contribution in [1.82, 2.24) is 13.9 Å². The first kappa shape index (κ1) is 18.9. The lowest BCUT2D eigenvalue weighted by Crippen LogP contribution is -2.45. The second-order valence-electron chi connectivity index (χ2n) is 5.41. The van der Waals surface area contributed by atoms with Gasteiger partial charge in [0.1, 0.15) is 0 Å². The van der Waals surface area contributed by atoms with Gasteiger partial charge in [-0.05, 0) is 25.3 Å². The lowest BCUT2D eigenvalue weighted by Gasteiger charge is -2.19. The predicted octanol–water partition coefficient (Wildman–Crippen LogP) is -1.09. The molecule has 0 bridgehead atoms. The topological polar surface area (TPSA) is 116 Å². The zero-order valence-corrected chi connectivity index (χ0v) is 14.1. The zero-order valence-electron chi connectivity index (χ0n) is 12.5. The summed E-state index contributed by atoms with van der Waals surface area (Å²) in [6.07, 6.45) is 3.53. The molecule has 0 aliphatic heterocycles. The van der Waals surface area contributed by atoms with Crippen LogP contribution in [0.3, 0.4) is 0 Å². The largest absolute Gasteiger partial charge is 0.330 e. The standard InChI is InChI=1S/C12H20N4O4S.ClH/c1-15-7-10(11(17)16(2)12(15)18)21(19,20)14-9-5-3-4-8(9)6-13;/h7-9,14H,3-6,13H2,1-2H3;1H. The molecular formula is C12H21ClN4O4S. The van der Waals surface area contributed by atoms with Crippen LogP contribution in [-0.4, -0.2) is 30.1 Å². The van der Waals surface area contributed by atoms with Crippen LogP contribution >= 0.6 is 12.4 Å². The number of halogens is 1. The third-order valence-electron chi connectivity index (χ3n) is 3.97. The Labute approximate surface area is 134 Å². The van der Waals surface area contributed by atoms with Crippen LogP contribution in [0.15, 0.2) is 20.7 Å². The molecule has 10 heteroatoms. The van der Waals surface area contributed by atoms with Crippen LogP contribution in [0.2, 0.25) is 0 Å². The molecule has 1 aliphatic rings. The van der Waals surface area contributed by atoms with Gasteiger partial charge >= 0.3 is 5.69 Å². The fourth-order valence-electron chi connectivity index (χ4n) is 2.70. The third-order valence-corrected chi connectivity index (χ3v) is 5.44. The molecule has 8 nitrogen and oxygen atoms in total. The van der Waals surface area contributed by atoms with E-state index in [4.69, 9.17) is 5.73 Å². The molecule has 1 aromatic rings. The molecule has 1 aliphatic carbocycles. The van der Waals surface area contributed by atoms with Crippen LogP contribution in [0.1, 0.15) is 19.3 Å². The SMILES string of the molecule is Cl.Cn1cc(S(=O)(=O)NC2CCCC2CN)c(=O)n(C)c1=O. The smallest absolute Gasteiger partial charge is 0.330 e. The Hall–Kier alpha value is -1.16. The Bertz CT molecular complexity index is 755. The number of nitrogens with two attached hydrogens (primary N) is 1. The monoisotopic (exact) mass is 352 g/mol. The Morgan fingerprint density at radius 2 is 1.95 bits per heavy atom. The van der Waals surface area contributed by atoms with E-state index in [2.05, 4.69) is 4.72 Å². The number of aryl methyl sites for hydroxylation is 1. The zero-order chi connectivity index (χ0) is 15.8. The molecule has 0 saturated heterocycles. The van der Waals surface area contributed by atoms with Gasteiger partial charge in [0.2, 0.25) is 10.0 Å². The summed E-state index contributed by atoms with van der Waals surface area (Å²) in [5.74, 6) is 0.0798. The van der Waals surface area contributed by atoms with Crippen molar-refractivity contribution in [3.8, 4) is 0 Å². The molecule has 0 amide bonds. The van der Waals surface area contributed by atoms with E-state index in [0.29, 0.717) is 13.0 Å². The van der Waals surface area contributed by atoms with E-state index in [1.165, 1.54) is 14.1 Å². The minimum absolute atomic E-state index is 0. The summed E-state index contributed by atoms with van der Waals surface area (Å²) in [4.78, 5) is 23.2. The Balaban J connectivity index is 0.00000242. The highest BCUT2D eigenvalue weighted by molar-refractivity contribution is 7.89. The third kappa shape index (κ3) is 3.43. The number of sulfonamides is 1. The molecule has 3 N–H and O–H groups in total. The van der Waals surface area contributed by atoms with Crippen LogP contribution in [0.25, 0.3) is 0 Å². The number of rotatable bonds is 4. The molecule has 1 fully saturated rings. The van der Waals surface area contributed by atoms with Gasteiger partial charge in [0.05, 0.1) is 0 Å². The van der Waals surface area contributed by atoms with Gasteiger partial charge in [-0.1, -0.05) is 6.42 Å². The van der Waals surface area contributed by atoms with E-state index in [9.17, 15) is 18.0 Å². The van der Waals surface area contributed by atoms with Crippen LogP contribution in [0.4, 0.5) is 0 Å². The van der Waals surface area contributed by atoms with Gasteiger partial charge in [-0.2, -0.15) is 0 Å². The quantitative estimate of drug-likeness (QED) is 0.714. The van der Waals surface area contributed by atoms with E-state index < -0.39 is 26.2 Å². The molecule has 0 spiro atoms. The second kappa shape index (κ2) is 6.95. The maximum absolute atomic E-state index is 12.4. The normalized spacial score (nSPS) is 21.6. The van der Waals surface area contributed by atoms with E-state index >= 15 is 0 Å². The molecule has 2 rings (SSSR count). The van der Waals surface area contributed by atoms with Gasteiger partial charge < -0.3 is 10.3 Å². The van der Waals surface area contributed by atoms with Gasteiger partial charge in [-0.15, -0.1) is 12.4 Å². The summed E-state index contributed by atoms with van der Waals surface area (Å²) < 4.78 is 29.2. The highest BCUT2D eigenvalue weighted by Gasteiger charge is 2.32. The Morgan fingerprint density at radius 1 is 1.32 bits per heavy atom. The average Bonchev–Trinajstić information content (AvgIpc) is 2.86. The fraction of sp³-hybridized carbons (Fsp3) is 0.667. The van der Waals surface area contributed by atoms with Gasteiger partial charge in [0, 0.05) is 26.3 Å². The van der Waals surface area contributed by atoms with Crippen molar-refractivity contribution in [3.05, 3.63) is 27.0 Å². The molecule has 1 heterocycles. The number of hydrogen-bond acceptors (Lipinski definition) is 5. The van der Waals surface area contributed by atoms with Gasteiger partial charge in [-0.3, -0.25) is 9.36 Å². The van der Waals surface area contributed by atoms with E-state index in [-0.39, 0.29) is 24.4 Å². The summed E-state index contributed by atoms with van der Waals surface area (Å²) in [6, 6.07) is -0.262. The first-order valence-electron chi connectivity index (χ1n) is 6.77. The maximum atomic E-state index is 12.4. The number of hydrogen-bond donors (Lipinski definition) is 2. The van der Waals surface area contributed by atoms with Crippen molar-refractivity contribution in [3.63, 3.8) is 0 Å². The molecule has 1 saturated carbocycles. The second-order valence-corrected chi connectivity index (χ2v) is 7.09. The lowest BCUT2D eigenvalue weighted by atomic mass is 10.1. The van der Waals surface area contributed by atoms with E-state index in [0.717, 1.165) is 28.2 Å². The van der Waals surface area contributed by atoms with Crippen LogP contribution in [0, 0.1) is 5.92 Å². The minimum atomic E-state index is -3.98. The predicted molar refractivity (Wildman–Crippen MR) is 84.7 cm³/mol. The average molecular weight is 353 g/mol. The number of nitrogens with one attached hydrogen (secondary N) is 1. The van der Waals surface area contributed by atoms with E-state index in [1.807, 2.05) is 0 Å². The highest BCUT2D eigenvalue weighted by atomic mass is 35.5.